The lowest BCUT2D eigenvalue weighted by Gasteiger charge is -2.19. The maximum Gasteiger partial charge on any atom is 0.228 e. The fourth-order valence-electron chi connectivity index (χ4n) is 1.38. The van der Waals surface area contributed by atoms with Gasteiger partial charge in [0, 0.05) is 17.1 Å². The van der Waals surface area contributed by atoms with Gasteiger partial charge in [-0.2, -0.15) is 0 Å². The van der Waals surface area contributed by atoms with E-state index >= 15 is 0 Å². The summed E-state index contributed by atoms with van der Waals surface area (Å²) in [6.45, 7) is 5.83. The number of aromatic nitrogens is 1. The van der Waals surface area contributed by atoms with Gasteiger partial charge in [0.25, 0.3) is 0 Å². The molecule has 0 radical (unpaired) electrons. The molecule has 0 N–H and O–H groups in total. The summed E-state index contributed by atoms with van der Waals surface area (Å²) in [5.41, 5.74) is 0. The largest absolute Gasteiger partial charge is 0.285 e. The molecule has 94 valence electrons. The third kappa shape index (κ3) is 4.34. The Bertz CT molecular complexity index is 488. The van der Waals surface area contributed by atoms with Gasteiger partial charge >= 0.3 is 0 Å². The first-order chi connectivity index (χ1) is 8.69. The number of nitrogens with zero attached hydrogens (tertiary/aromatic N) is 2. The predicted molar refractivity (Wildman–Crippen MR) is 77.2 cm³/mol. The summed E-state index contributed by atoms with van der Waals surface area (Å²) in [6.07, 6.45) is 4.46. The van der Waals surface area contributed by atoms with Gasteiger partial charge in [0.2, 0.25) is 5.91 Å². The summed E-state index contributed by atoms with van der Waals surface area (Å²) < 4.78 is 0.887. The third-order valence-electron chi connectivity index (χ3n) is 2.19. The van der Waals surface area contributed by atoms with Crippen LogP contribution in [0.5, 0.6) is 0 Å². The van der Waals surface area contributed by atoms with Crippen molar-refractivity contribution in [2.24, 2.45) is 0 Å². The van der Waals surface area contributed by atoms with Gasteiger partial charge in [0.1, 0.15) is 5.82 Å². The van der Waals surface area contributed by atoms with Crippen molar-refractivity contribution in [3.05, 3.63) is 35.5 Å². The second-order valence-electron chi connectivity index (χ2n) is 3.59. The number of hydrogen-bond donors (Lipinski definition) is 0. The van der Waals surface area contributed by atoms with E-state index in [4.69, 9.17) is 0 Å². The molecule has 0 aliphatic heterocycles. The number of rotatable bonds is 4. The van der Waals surface area contributed by atoms with E-state index < -0.39 is 0 Å². The van der Waals surface area contributed by atoms with Gasteiger partial charge in [-0.05, 0) is 24.6 Å². The van der Waals surface area contributed by atoms with Crippen LogP contribution in [0.1, 0.15) is 19.8 Å². The van der Waals surface area contributed by atoms with Crippen molar-refractivity contribution in [2.45, 2.75) is 19.8 Å². The number of pyridine rings is 1. The number of allylic oxidation sites excluding steroid dienone is 1. The van der Waals surface area contributed by atoms with E-state index in [0.29, 0.717) is 18.8 Å². The molecule has 0 aliphatic rings. The molecule has 0 unspecified atom stereocenters. The van der Waals surface area contributed by atoms with Crippen LogP contribution in [0.3, 0.4) is 0 Å². The highest BCUT2D eigenvalue weighted by atomic mass is 79.9. The van der Waals surface area contributed by atoms with Gasteiger partial charge in [-0.1, -0.05) is 41.3 Å². The summed E-state index contributed by atoms with van der Waals surface area (Å²) in [5, 5.41) is 0. The van der Waals surface area contributed by atoms with Gasteiger partial charge in [-0.3, -0.25) is 9.69 Å². The van der Waals surface area contributed by atoms with Crippen LogP contribution in [-0.2, 0) is 4.79 Å². The van der Waals surface area contributed by atoms with Crippen LogP contribution >= 0.6 is 15.9 Å². The molecule has 1 aromatic rings. The molecule has 1 amide bonds. The van der Waals surface area contributed by atoms with Crippen LogP contribution in [0, 0.1) is 11.8 Å². The van der Waals surface area contributed by atoms with Gasteiger partial charge in [-0.15, -0.1) is 0 Å². The van der Waals surface area contributed by atoms with Gasteiger partial charge in [0.15, 0.2) is 0 Å². The van der Waals surface area contributed by atoms with E-state index in [1.54, 1.807) is 11.1 Å². The minimum absolute atomic E-state index is 0.0291. The van der Waals surface area contributed by atoms with Crippen molar-refractivity contribution in [1.29, 1.82) is 0 Å². The average molecular weight is 307 g/mol. The Hall–Kier alpha value is -1.60. The van der Waals surface area contributed by atoms with Gasteiger partial charge in [-0.25, -0.2) is 4.98 Å². The van der Waals surface area contributed by atoms with Crippen LogP contribution in [0.25, 0.3) is 0 Å². The van der Waals surface area contributed by atoms with Crippen LogP contribution in [0.15, 0.2) is 35.5 Å². The van der Waals surface area contributed by atoms with Crippen LogP contribution in [0.2, 0.25) is 0 Å². The molecule has 3 nitrogen and oxygen atoms in total. The first-order valence-corrected chi connectivity index (χ1v) is 6.49. The van der Waals surface area contributed by atoms with E-state index in [2.05, 4.69) is 39.3 Å². The lowest BCUT2D eigenvalue weighted by Crippen LogP contribution is -2.31. The molecule has 0 fully saturated rings. The number of amides is 1. The Balaban J connectivity index is 2.95. The fraction of sp³-hybridized carbons (Fsp3) is 0.286. The SMILES string of the molecule is C=CC#CCN(C(=O)CCC)c1cc(Br)ccn1. The Morgan fingerprint density at radius 2 is 2.44 bits per heavy atom. The summed E-state index contributed by atoms with van der Waals surface area (Å²) in [7, 11) is 0. The molecule has 0 spiro atoms. The molecule has 1 rings (SSSR count). The second-order valence-corrected chi connectivity index (χ2v) is 4.50. The molecule has 0 saturated heterocycles. The lowest BCUT2D eigenvalue weighted by molar-refractivity contribution is -0.118. The first-order valence-electron chi connectivity index (χ1n) is 5.70. The van der Waals surface area contributed by atoms with Crippen molar-refractivity contribution in [3.8, 4) is 11.8 Å². The Kier molecular flexibility index (Phi) is 6.16. The maximum atomic E-state index is 12.0. The monoisotopic (exact) mass is 306 g/mol. The fourth-order valence-corrected chi connectivity index (χ4v) is 1.71. The normalized spacial score (nSPS) is 9.22. The molecule has 0 aromatic carbocycles. The predicted octanol–water partition coefficient (Wildman–Crippen LogP) is 3.17. The quantitative estimate of drug-likeness (QED) is 0.801. The van der Waals surface area contributed by atoms with E-state index in [1.807, 2.05) is 19.1 Å². The summed E-state index contributed by atoms with van der Waals surface area (Å²) in [5.74, 6) is 6.26. The first kappa shape index (κ1) is 14.5. The summed E-state index contributed by atoms with van der Waals surface area (Å²) in [6, 6.07) is 3.63. The van der Waals surface area contributed by atoms with Crippen molar-refractivity contribution in [1.82, 2.24) is 4.98 Å². The van der Waals surface area contributed by atoms with E-state index in [9.17, 15) is 4.79 Å². The smallest absolute Gasteiger partial charge is 0.228 e. The third-order valence-corrected chi connectivity index (χ3v) is 2.68. The number of anilines is 1. The molecule has 18 heavy (non-hydrogen) atoms. The Morgan fingerprint density at radius 3 is 3.06 bits per heavy atom. The number of hydrogen-bond acceptors (Lipinski definition) is 2. The second kappa shape index (κ2) is 7.67. The van der Waals surface area contributed by atoms with Gasteiger partial charge in [0.05, 0.1) is 6.54 Å². The highest BCUT2D eigenvalue weighted by Crippen LogP contribution is 2.17. The molecular formula is C14H15BrN2O. The van der Waals surface area contributed by atoms with E-state index in [0.717, 1.165) is 10.9 Å². The zero-order valence-corrected chi connectivity index (χ0v) is 11.9. The number of carbonyl (C=O) groups is 1. The van der Waals surface area contributed by atoms with Crippen molar-refractivity contribution in [2.75, 3.05) is 11.4 Å². The van der Waals surface area contributed by atoms with E-state index in [1.165, 1.54) is 6.08 Å². The molecule has 0 bridgehead atoms. The van der Waals surface area contributed by atoms with Crippen LogP contribution in [-0.4, -0.2) is 17.4 Å². The molecule has 1 aromatic heterocycles. The maximum absolute atomic E-state index is 12.0. The molecule has 0 atom stereocenters. The standard InChI is InChI=1S/C14H15BrN2O/c1-3-5-6-10-17(14(18)7-4-2)13-11-12(15)8-9-16-13/h3,8-9,11H,1,4,7,10H2,2H3. The highest BCUT2D eigenvalue weighted by molar-refractivity contribution is 9.10. The summed E-state index contributed by atoms with van der Waals surface area (Å²) >= 11 is 3.37. The zero-order valence-electron chi connectivity index (χ0n) is 10.3. The summed E-state index contributed by atoms with van der Waals surface area (Å²) in [4.78, 5) is 17.8. The average Bonchev–Trinajstić information content (AvgIpc) is 2.35. The number of carbonyl (C=O) groups excluding carboxylic acids is 1. The Morgan fingerprint density at radius 1 is 1.67 bits per heavy atom. The van der Waals surface area contributed by atoms with Crippen molar-refractivity contribution >= 4 is 27.7 Å². The van der Waals surface area contributed by atoms with Crippen LogP contribution < -0.4 is 4.90 Å². The molecule has 1 heterocycles. The van der Waals surface area contributed by atoms with Crippen LogP contribution in [0.4, 0.5) is 5.82 Å². The zero-order chi connectivity index (χ0) is 13.4. The molecule has 0 saturated carbocycles. The highest BCUT2D eigenvalue weighted by Gasteiger charge is 2.14. The molecule has 0 aliphatic carbocycles. The lowest BCUT2D eigenvalue weighted by atomic mass is 10.3. The van der Waals surface area contributed by atoms with E-state index in [-0.39, 0.29) is 5.91 Å². The number of halogens is 1. The topological polar surface area (TPSA) is 33.2 Å². The van der Waals surface area contributed by atoms with Crippen molar-refractivity contribution < 1.29 is 4.79 Å². The molecular weight excluding hydrogens is 292 g/mol. The minimum atomic E-state index is 0.0291. The Labute approximate surface area is 116 Å². The molecule has 4 heteroatoms. The van der Waals surface area contributed by atoms with Crippen molar-refractivity contribution in [3.63, 3.8) is 0 Å². The minimum Gasteiger partial charge on any atom is -0.285 e. The van der Waals surface area contributed by atoms with Gasteiger partial charge < -0.3 is 0 Å².